The third-order valence-electron chi connectivity index (χ3n) is 5.13. The third-order valence-corrected chi connectivity index (χ3v) is 5.13. The predicted octanol–water partition coefficient (Wildman–Crippen LogP) is 3.66. The van der Waals surface area contributed by atoms with E-state index in [0.717, 1.165) is 24.2 Å². The van der Waals surface area contributed by atoms with E-state index in [9.17, 15) is 9.59 Å². The van der Waals surface area contributed by atoms with Gasteiger partial charge in [-0.05, 0) is 37.0 Å². The average Bonchev–Trinajstić information content (AvgIpc) is 2.68. The molecule has 5 nitrogen and oxygen atoms in total. The Hall–Kier alpha value is -2.04. The molecule has 144 valence electrons. The smallest absolute Gasteiger partial charge is 0.243 e. The number of carbonyl (C=O) groups is 2. The molecule has 1 fully saturated rings. The maximum absolute atomic E-state index is 12.9. The normalized spacial score (nSPS) is 16.0. The van der Waals surface area contributed by atoms with Gasteiger partial charge in [-0.1, -0.05) is 45.2 Å². The quantitative estimate of drug-likeness (QED) is 0.770. The van der Waals surface area contributed by atoms with Crippen LogP contribution in [-0.2, 0) is 16.1 Å². The molecule has 1 unspecified atom stereocenters. The van der Waals surface area contributed by atoms with Crippen LogP contribution in [-0.4, -0.2) is 35.9 Å². The Morgan fingerprint density at radius 1 is 1.23 bits per heavy atom. The van der Waals surface area contributed by atoms with Crippen LogP contribution in [0.1, 0.15) is 64.4 Å². The van der Waals surface area contributed by atoms with Crippen molar-refractivity contribution in [2.75, 3.05) is 7.11 Å². The Bertz CT molecular complexity index is 597. The fourth-order valence-electron chi connectivity index (χ4n) is 3.63. The van der Waals surface area contributed by atoms with Crippen LogP contribution in [0, 0.1) is 0 Å². The van der Waals surface area contributed by atoms with E-state index in [1.54, 1.807) is 12.0 Å². The number of amides is 2. The molecule has 1 aromatic carbocycles. The van der Waals surface area contributed by atoms with Crippen molar-refractivity contribution in [1.82, 2.24) is 10.2 Å². The molecule has 0 spiro atoms. The molecule has 0 saturated heterocycles. The molecule has 1 atom stereocenters. The van der Waals surface area contributed by atoms with E-state index in [0.29, 0.717) is 19.4 Å². The van der Waals surface area contributed by atoms with Gasteiger partial charge in [0.25, 0.3) is 0 Å². The van der Waals surface area contributed by atoms with E-state index in [1.165, 1.54) is 19.3 Å². The fourth-order valence-corrected chi connectivity index (χ4v) is 3.63. The summed E-state index contributed by atoms with van der Waals surface area (Å²) in [4.78, 5) is 27.2. The summed E-state index contributed by atoms with van der Waals surface area (Å²) in [7, 11) is 1.63. The Morgan fingerprint density at radius 3 is 2.58 bits per heavy atom. The molecule has 1 N–H and O–H groups in total. The van der Waals surface area contributed by atoms with Crippen molar-refractivity contribution in [3.8, 4) is 5.75 Å². The maximum atomic E-state index is 12.9. The van der Waals surface area contributed by atoms with Gasteiger partial charge in [-0.15, -0.1) is 0 Å². The zero-order valence-corrected chi connectivity index (χ0v) is 16.3. The summed E-state index contributed by atoms with van der Waals surface area (Å²) in [6.07, 6.45) is 6.66. The number of ether oxygens (including phenoxy) is 1. The molecular weight excluding hydrogens is 328 g/mol. The second-order valence-electron chi connectivity index (χ2n) is 6.99. The molecular formula is C21H32N2O3. The monoisotopic (exact) mass is 360 g/mol. The van der Waals surface area contributed by atoms with Gasteiger partial charge in [-0.25, -0.2) is 0 Å². The largest absolute Gasteiger partial charge is 0.497 e. The Labute approximate surface area is 157 Å². The van der Waals surface area contributed by atoms with Crippen molar-refractivity contribution in [3.05, 3.63) is 29.8 Å². The Balaban J connectivity index is 2.13. The molecule has 0 aliphatic heterocycles. The van der Waals surface area contributed by atoms with Crippen LogP contribution in [0.5, 0.6) is 5.75 Å². The first-order valence-electron chi connectivity index (χ1n) is 9.81. The molecule has 0 radical (unpaired) electrons. The van der Waals surface area contributed by atoms with Crippen LogP contribution in [0.25, 0.3) is 0 Å². The molecule has 2 rings (SSSR count). The van der Waals surface area contributed by atoms with Gasteiger partial charge in [0.2, 0.25) is 11.8 Å². The van der Waals surface area contributed by atoms with Crippen LogP contribution < -0.4 is 10.1 Å². The lowest BCUT2D eigenvalue weighted by molar-refractivity contribution is -0.141. The molecule has 5 heteroatoms. The van der Waals surface area contributed by atoms with Gasteiger partial charge in [0, 0.05) is 19.0 Å². The average molecular weight is 360 g/mol. The van der Waals surface area contributed by atoms with Gasteiger partial charge in [-0.3, -0.25) is 9.59 Å². The molecule has 0 bridgehead atoms. The van der Waals surface area contributed by atoms with Gasteiger partial charge < -0.3 is 15.0 Å². The zero-order chi connectivity index (χ0) is 18.9. The van der Waals surface area contributed by atoms with E-state index in [-0.39, 0.29) is 17.9 Å². The minimum atomic E-state index is -0.435. The number of hydrogen-bond donors (Lipinski definition) is 1. The van der Waals surface area contributed by atoms with Crippen molar-refractivity contribution in [1.29, 1.82) is 0 Å². The first kappa shape index (κ1) is 20.3. The summed E-state index contributed by atoms with van der Waals surface area (Å²) in [5.41, 5.74) is 0.968. The summed E-state index contributed by atoms with van der Waals surface area (Å²) in [6, 6.07) is 7.48. The molecule has 1 aliphatic carbocycles. The molecule has 0 heterocycles. The highest BCUT2D eigenvalue weighted by atomic mass is 16.5. The van der Waals surface area contributed by atoms with Crippen molar-refractivity contribution in [3.63, 3.8) is 0 Å². The van der Waals surface area contributed by atoms with Crippen molar-refractivity contribution < 1.29 is 14.3 Å². The van der Waals surface area contributed by atoms with E-state index >= 15 is 0 Å². The predicted molar refractivity (Wildman–Crippen MR) is 103 cm³/mol. The zero-order valence-electron chi connectivity index (χ0n) is 16.3. The number of carbonyl (C=O) groups excluding carboxylic acids is 2. The van der Waals surface area contributed by atoms with Crippen LogP contribution >= 0.6 is 0 Å². The van der Waals surface area contributed by atoms with Gasteiger partial charge in [0.1, 0.15) is 11.8 Å². The third kappa shape index (κ3) is 5.48. The van der Waals surface area contributed by atoms with Crippen LogP contribution in [0.4, 0.5) is 0 Å². The van der Waals surface area contributed by atoms with Crippen molar-refractivity contribution in [2.45, 2.75) is 77.4 Å². The highest BCUT2D eigenvalue weighted by molar-refractivity contribution is 5.87. The van der Waals surface area contributed by atoms with E-state index < -0.39 is 6.04 Å². The first-order valence-corrected chi connectivity index (χ1v) is 9.81. The lowest BCUT2D eigenvalue weighted by atomic mass is 9.95. The maximum Gasteiger partial charge on any atom is 0.243 e. The second kappa shape index (κ2) is 10.2. The topological polar surface area (TPSA) is 58.6 Å². The summed E-state index contributed by atoms with van der Waals surface area (Å²) in [5.74, 6) is 0.730. The molecule has 1 aromatic rings. The Kier molecular flexibility index (Phi) is 7.95. The van der Waals surface area contributed by atoms with Gasteiger partial charge in [0.05, 0.1) is 7.11 Å². The lowest BCUT2D eigenvalue weighted by Gasteiger charge is -2.32. The molecule has 0 aromatic heterocycles. The van der Waals surface area contributed by atoms with Gasteiger partial charge >= 0.3 is 0 Å². The number of rotatable bonds is 8. The number of hydrogen-bond acceptors (Lipinski definition) is 3. The highest BCUT2D eigenvalue weighted by Gasteiger charge is 2.29. The van der Waals surface area contributed by atoms with E-state index in [1.807, 2.05) is 38.1 Å². The van der Waals surface area contributed by atoms with Crippen LogP contribution in [0.2, 0.25) is 0 Å². The number of nitrogens with zero attached hydrogens (tertiary/aromatic N) is 1. The van der Waals surface area contributed by atoms with Crippen LogP contribution in [0.15, 0.2) is 24.3 Å². The SMILES string of the molecule is CCC(=O)N(Cc1cccc(OC)c1)C(CC)C(=O)NC1CCCCC1. The fraction of sp³-hybridized carbons (Fsp3) is 0.619. The van der Waals surface area contributed by atoms with Crippen molar-refractivity contribution >= 4 is 11.8 Å². The standard InChI is InChI=1S/C21H32N2O3/c1-4-19(21(25)22-17-11-7-6-8-12-17)23(20(24)5-2)15-16-10-9-13-18(14-16)26-3/h9-10,13-14,17,19H,4-8,11-12,15H2,1-3H3,(H,22,25). The Morgan fingerprint density at radius 2 is 1.96 bits per heavy atom. The first-order chi connectivity index (χ1) is 12.6. The van der Waals surface area contributed by atoms with E-state index in [2.05, 4.69) is 5.32 Å². The lowest BCUT2D eigenvalue weighted by Crippen LogP contribution is -2.51. The van der Waals surface area contributed by atoms with Gasteiger partial charge in [-0.2, -0.15) is 0 Å². The molecule has 2 amide bonds. The molecule has 26 heavy (non-hydrogen) atoms. The molecule has 1 aliphatic rings. The minimum Gasteiger partial charge on any atom is -0.497 e. The summed E-state index contributed by atoms with van der Waals surface area (Å²) >= 11 is 0. The minimum absolute atomic E-state index is 0.00142. The van der Waals surface area contributed by atoms with E-state index in [4.69, 9.17) is 4.74 Å². The van der Waals surface area contributed by atoms with Crippen LogP contribution in [0.3, 0.4) is 0 Å². The number of methoxy groups -OCH3 is 1. The molecule has 1 saturated carbocycles. The summed E-state index contributed by atoms with van der Waals surface area (Å²) < 4.78 is 5.28. The number of benzene rings is 1. The summed E-state index contributed by atoms with van der Waals surface area (Å²) in [5, 5.41) is 3.18. The summed E-state index contributed by atoms with van der Waals surface area (Å²) in [6.45, 7) is 4.22. The van der Waals surface area contributed by atoms with Crippen molar-refractivity contribution in [2.24, 2.45) is 0 Å². The number of nitrogens with one attached hydrogen (secondary N) is 1. The highest BCUT2D eigenvalue weighted by Crippen LogP contribution is 2.20. The van der Waals surface area contributed by atoms with Gasteiger partial charge in [0.15, 0.2) is 0 Å². The second-order valence-corrected chi connectivity index (χ2v) is 6.99.